The van der Waals surface area contributed by atoms with Crippen LogP contribution in [0.2, 0.25) is 0 Å². The molecule has 0 bridgehead atoms. The van der Waals surface area contributed by atoms with Crippen molar-refractivity contribution < 1.29 is 54.0 Å². The van der Waals surface area contributed by atoms with Gasteiger partial charge in [0.1, 0.15) is 36.6 Å². The van der Waals surface area contributed by atoms with E-state index in [4.69, 9.17) is 29.4 Å². The van der Waals surface area contributed by atoms with E-state index in [2.05, 4.69) is 0 Å². The number of hydrogen-bond donors (Lipinski definition) is 6. The van der Waals surface area contributed by atoms with E-state index in [0.717, 1.165) is 0 Å². The van der Waals surface area contributed by atoms with Crippen molar-refractivity contribution in [1.29, 1.82) is 0 Å². The molecule has 10 atom stereocenters. The molecule has 152 valence electrons. The van der Waals surface area contributed by atoms with Crippen molar-refractivity contribution in [3.63, 3.8) is 0 Å². The fraction of sp³-hybridized carbons (Fsp3) is 0.929. The summed E-state index contributed by atoms with van der Waals surface area (Å²) in [4.78, 5) is 11.5. The Morgan fingerprint density at radius 1 is 1.00 bits per heavy atom. The van der Waals surface area contributed by atoms with Gasteiger partial charge in [0.2, 0.25) is 0 Å². The molecule has 0 aromatic rings. The van der Waals surface area contributed by atoms with Gasteiger partial charge in [-0.05, 0) is 0 Å². The third-order valence-corrected chi connectivity index (χ3v) is 4.48. The van der Waals surface area contributed by atoms with Gasteiger partial charge in [-0.2, -0.15) is 0 Å². The van der Waals surface area contributed by atoms with Gasteiger partial charge >= 0.3 is 5.97 Å². The maximum atomic E-state index is 11.5. The van der Waals surface area contributed by atoms with Gasteiger partial charge in [0.15, 0.2) is 18.7 Å². The quantitative estimate of drug-likeness (QED) is 0.261. The number of aliphatic hydroxyl groups excluding tert-OH is 4. The van der Waals surface area contributed by atoms with E-state index in [1.54, 1.807) is 0 Å². The van der Waals surface area contributed by atoms with Crippen LogP contribution in [0.15, 0.2) is 0 Å². The normalized spacial score (nSPS) is 46.9. The first kappa shape index (κ1) is 21.4. The molecule has 26 heavy (non-hydrogen) atoms. The molecule has 7 N–H and O–H groups in total. The standard InChI is InChI=1S/C14H25NO11/c1-22-9-5(15)13(24-4(3-16)6(9)17)25-10-7(18)8(19)14(23-2)26-11(10)12(20)21/h4-11,13-14,16-19H,3,15H2,1-2H3,(H,20,21)/t4?,5?,6?,7?,8?,9?,10-,11?,13-,14?/m0/s1. The van der Waals surface area contributed by atoms with Gasteiger partial charge < -0.3 is 55.0 Å². The van der Waals surface area contributed by atoms with Crippen molar-refractivity contribution in [3.8, 4) is 0 Å². The Morgan fingerprint density at radius 3 is 2.15 bits per heavy atom. The molecule has 2 fully saturated rings. The number of ether oxygens (including phenoxy) is 5. The molecule has 12 nitrogen and oxygen atoms in total. The zero-order valence-corrected chi connectivity index (χ0v) is 14.2. The monoisotopic (exact) mass is 383 g/mol. The highest BCUT2D eigenvalue weighted by atomic mass is 16.7. The fourth-order valence-corrected chi connectivity index (χ4v) is 3.05. The van der Waals surface area contributed by atoms with Crippen LogP contribution >= 0.6 is 0 Å². The summed E-state index contributed by atoms with van der Waals surface area (Å²) in [6, 6.07) is -1.07. The summed E-state index contributed by atoms with van der Waals surface area (Å²) in [5, 5.41) is 48.9. The largest absolute Gasteiger partial charge is 0.479 e. The van der Waals surface area contributed by atoms with Crippen LogP contribution < -0.4 is 5.73 Å². The second kappa shape index (κ2) is 8.84. The third-order valence-electron chi connectivity index (χ3n) is 4.48. The number of methoxy groups -OCH3 is 2. The van der Waals surface area contributed by atoms with Gasteiger partial charge in [0.05, 0.1) is 12.6 Å². The molecule has 2 aliphatic rings. The molecule has 0 aromatic carbocycles. The number of aliphatic hydroxyl groups is 4. The van der Waals surface area contributed by atoms with Crippen LogP contribution in [-0.2, 0) is 28.5 Å². The lowest BCUT2D eigenvalue weighted by molar-refractivity contribution is -0.337. The molecular formula is C14H25NO11. The molecule has 8 unspecified atom stereocenters. The van der Waals surface area contributed by atoms with E-state index < -0.39 is 73.9 Å². The Hall–Kier alpha value is -0.930. The fourth-order valence-electron chi connectivity index (χ4n) is 3.05. The lowest BCUT2D eigenvalue weighted by atomic mass is 9.96. The lowest BCUT2D eigenvalue weighted by Gasteiger charge is -2.46. The summed E-state index contributed by atoms with van der Waals surface area (Å²) in [6.07, 6.45) is -12.6. The minimum Gasteiger partial charge on any atom is -0.479 e. The molecule has 0 amide bonds. The van der Waals surface area contributed by atoms with Crippen LogP contribution in [0.1, 0.15) is 0 Å². The van der Waals surface area contributed by atoms with Crippen molar-refractivity contribution in [1.82, 2.24) is 0 Å². The van der Waals surface area contributed by atoms with Crippen molar-refractivity contribution in [2.75, 3.05) is 20.8 Å². The van der Waals surface area contributed by atoms with E-state index in [0.29, 0.717) is 0 Å². The maximum Gasteiger partial charge on any atom is 0.335 e. The van der Waals surface area contributed by atoms with Gasteiger partial charge in [-0.3, -0.25) is 0 Å². The Morgan fingerprint density at radius 2 is 1.65 bits per heavy atom. The molecule has 0 aliphatic carbocycles. The van der Waals surface area contributed by atoms with Crippen molar-refractivity contribution in [2.24, 2.45) is 5.73 Å². The first-order chi connectivity index (χ1) is 12.3. The Bertz CT molecular complexity index is 480. The van der Waals surface area contributed by atoms with Crippen LogP contribution in [0.25, 0.3) is 0 Å². The van der Waals surface area contributed by atoms with Gasteiger partial charge in [-0.1, -0.05) is 0 Å². The minimum atomic E-state index is -1.69. The van der Waals surface area contributed by atoms with Crippen molar-refractivity contribution in [3.05, 3.63) is 0 Å². The van der Waals surface area contributed by atoms with Crippen LogP contribution in [0.3, 0.4) is 0 Å². The smallest absolute Gasteiger partial charge is 0.335 e. The summed E-state index contributed by atoms with van der Waals surface area (Å²) < 4.78 is 25.9. The number of carboxylic acid groups (broad SMARTS) is 1. The van der Waals surface area contributed by atoms with Crippen molar-refractivity contribution >= 4 is 5.97 Å². The number of rotatable bonds is 6. The molecule has 0 saturated carbocycles. The molecule has 2 aliphatic heterocycles. The van der Waals surface area contributed by atoms with Gasteiger partial charge in [0, 0.05) is 14.2 Å². The second-order valence-corrected chi connectivity index (χ2v) is 6.07. The number of nitrogens with two attached hydrogens (primary N) is 1. The van der Waals surface area contributed by atoms with Crippen LogP contribution in [0.5, 0.6) is 0 Å². The van der Waals surface area contributed by atoms with Crippen molar-refractivity contribution in [2.45, 2.75) is 61.3 Å². The summed E-state index contributed by atoms with van der Waals surface area (Å²) >= 11 is 0. The predicted octanol–water partition coefficient (Wildman–Crippen LogP) is -4.03. The minimum absolute atomic E-state index is 0.575. The highest BCUT2D eigenvalue weighted by molar-refractivity contribution is 5.73. The average Bonchev–Trinajstić information content (AvgIpc) is 2.61. The molecule has 0 radical (unpaired) electrons. The van der Waals surface area contributed by atoms with Crippen LogP contribution in [0, 0.1) is 0 Å². The Kier molecular flexibility index (Phi) is 7.27. The Balaban J connectivity index is 2.21. The lowest BCUT2D eigenvalue weighted by Crippen LogP contribution is -2.67. The summed E-state index contributed by atoms with van der Waals surface area (Å²) in [5.41, 5.74) is 5.94. The highest BCUT2D eigenvalue weighted by Crippen LogP contribution is 2.29. The number of carboxylic acids is 1. The van der Waals surface area contributed by atoms with Crippen LogP contribution in [0.4, 0.5) is 0 Å². The van der Waals surface area contributed by atoms with E-state index >= 15 is 0 Å². The Labute approximate surface area is 149 Å². The number of carbonyl (C=O) groups is 1. The molecular weight excluding hydrogens is 358 g/mol. The summed E-state index contributed by atoms with van der Waals surface area (Å²) in [5.74, 6) is -1.46. The second-order valence-electron chi connectivity index (χ2n) is 6.07. The van der Waals surface area contributed by atoms with E-state index in [1.807, 2.05) is 0 Å². The van der Waals surface area contributed by atoms with E-state index in [1.165, 1.54) is 14.2 Å². The van der Waals surface area contributed by atoms with E-state index in [9.17, 15) is 30.3 Å². The summed E-state index contributed by atoms with van der Waals surface area (Å²) in [6.45, 7) is -0.575. The first-order valence-electron chi connectivity index (χ1n) is 7.92. The molecule has 2 heterocycles. The first-order valence-corrected chi connectivity index (χ1v) is 7.92. The maximum absolute atomic E-state index is 11.5. The average molecular weight is 383 g/mol. The van der Waals surface area contributed by atoms with E-state index in [-0.39, 0.29) is 0 Å². The van der Waals surface area contributed by atoms with Crippen LogP contribution in [-0.4, -0.2) is 114 Å². The third kappa shape index (κ3) is 3.99. The van der Waals surface area contributed by atoms with Gasteiger partial charge in [0.25, 0.3) is 0 Å². The number of hydrogen-bond acceptors (Lipinski definition) is 11. The van der Waals surface area contributed by atoms with Gasteiger partial charge in [-0.25, -0.2) is 4.79 Å². The highest BCUT2D eigenvalue weighted by Gasteiger charge is 2.52. The molecule has 2 saturated heterocycles. The predicted molar refractivity (Wildman–Crippen MR) is 80.7 cm³/mol. The topological polar surface area (TPSA) is 190 Å². The summed E-state index contributed by atoms with van der Waals surface area (Å²) in [7, 11) is 2.47. The zero-order chi connectivity index (χ0) is 19.6. The SMILES string of the molecule is COC1OC(C(=O)O)[C@@H](O[C@@H]2OC(CO)C(O)C(OC)C2N)C(O)C1O. The molecule has 0 spiro atoms. The number of aliphatic carboxylic acids is 1. The zero-order valence-electron chi connectivity index (χ0n) is 14.2. The molecule has 12 heteroatoms. The molecule has 2 rings (SSSR count). The molecule has 0 aromatic heterocycles. The van der Waals surface area contributed by atoms with Gasteiger partial charge in [-0.15, -0.1) is 0 Å².